The van der Waals surface area contributed by atoms with Crippen molar-refractivity contribution in [2.24, 2.45) is 0 Å². The molecule has 1 aliphatic carbocycles. The molecule has 0 bridgehead atoms. The van der Waals surface area contributed by atoms with E-state index in [0.717, 1.165) is 24.0 Å². The fourth-order valence-electron chi connectivity index (χ4n) is 2.61. The number of hydrogen-bond acceptors (Lipinski definition) is 2. The van der Waals surface area contributed by atoms with E-state index in [-0.39, 0.29) is 17.9 Å². The molecule has 1 aromatic carbocycles. The van der Waals surface area contributed by atoms with E-state index in [4.69, 9.17) is 0 Å². The molecule has 3 heteroatoms. The summed E-state index contributed by atoms with van der Waals surface area (Å²) in [4.78, 5) is 26.1. The van der Waals surface area contributed by atoms with Crippen molar-refractivity contribution in [1.82, 2.24) is 4.90 Å². The van der Waals surface area contributed by atoms with Gasteiger partial charge in [-0.05, 0) is 37.8 Å². The van der Waals surface area contributed by atoms with Gasteiger partial charge in [0.05, 0.1) is 11.1 Å². The summed E-state index contributed by atoms with van der Waals surface area (Å²) in [6.45, 7) is 5.66. The van der Waals surface area contributed by atoms with Crippen LogP contribution in [0.25, 0.3) is 0 Å². The average Bonchev–Trinajstić information content (AvgIpc) is 3.09. The Morgan fingerprint density at radius 3 is 2.67 bits per heavy atom. The van der Waals surface area contributed by atoms with Crippen molar-refractivity contribution in [2.75, 3.05) is 0 Å². The third-order valence-corrected chi connectivity index (χ3v) is 3.52. The molecule has 92 valence electrons. The van der Waals surface area contributed by atoms with Crippen LogP contribution < -0.4 is 0 Å². The molecule has 2 amide bonds. The number of rotatable bonds is 3. The summed E-state index contributed by atoms with van der Waals surface area (Å²) in [5.74, 6) is -0.235. The molecule has 1 fully saturated rings. The van der Waals surface area contributed by atoms with Crippen LogP contribution in [0.3, 0.4) is 0 Å². The van der Waals surface area contributed by atoms with Crippen LogP contribution in [0, 0.1) is 6.92 Å². The Labute approximate surface area is 106 Å². The quantitative estimate of drug-likeness (QED) is 0.602. The zero-order chi connectivity index (χ0) is 12.9. The second-order valence-electron chi connectivity index (χ2n) is 5.05. The average molecular weight is 241 g/mol. The van der Waals surface area contributed by atoms with Crippen LogP contribution >= 0.6 is 0 Å². The monoisotopic (exact) mass is 241 g/mol. The van der Waals surface area contributed by atoms with Crippen LogP contribution in [0.1, 0.15) is 44.7 Å². The molecule has 0 N–H and O–H groups in total. The van der Waals surface area contributed by atoms with Crippen LogP contribution in [0.4, 0.5) is 0 Å². The topological polar surface area (TPSA) is 37.4 Å². The Balaban J connectivity index is 2.15. The van der Waals surface area contributed by atoms with Crippen LogP contribution in [0.5, 0.6) is 0 Å². The first kappa shape index (κ1) is 11.2. The summed E-state index contributed by atoms with van der Waals surface area (Å²) >= 11 is 0. The molecule has 1 aliphatic heterocycles. The van der Waals surface area contributed by atoms with Gasteiger partial charge in [-0.3, -0.25) is 14.5 Å². The highest BCUT2D eigenvalue weighted by atomic mass is 16.2. The Morgan fingerprint density at radius 1 is 1.33 bits per heavy atom. The molecule has 0 spiro atoms. The van der Waals surface area contributed by atoms with E-state index < -0.39 is 0 Å². The van der Waals surface area contributed by atoms with Gasteiger partial charge in [0.25, 0.3) is 11.8 Å². The minimum atomic E-state index is -0.119. The van der Waals surface area contributed by atoms with Gasteiger partial charge < -0.3 is 0 Å². The summed E-state index contributed by atoms with van der Waals surface area (Å²) in [5, 5.41) is 0. The van der Waals surface area contributed by atoms with Gasteiger partial charge in [-0.2, -0.15) is 0 Å². The number of carbonyl (C=O) groups excluding carboxylic acids is 2. The molecular formula is C15H15NO2. The number of hydrogen-bond donors (Lipinski definition) is 0. The maximum atomic E-state index is 12.4. The Kier molecular flexibility index (Phi) is 2.37. The zero-order valence-corrected chi connectivity index (χ0v) is 10.4. The molecule has 0 radical (unpaired) electrons. The van der Waals surface area contributed by atoms with Gasteiger partial charge in [-0.25, -0.2) is 0 Å². The highest BCUT2D eigenvalue weighted by Crippen LogP contribution is 2.36. The molecule has 0 atom stereocenters. The van der Waals surface area contributed by atoms with E-state index in [9.17, 15) is 9.59 Å². The molecule has 1 saturated carbocycles. The molecule has 0 unspecified atom stereocenters. The van der Waals surface area contributed by atoms with Crippen LogP contribution in [0.2, 0.25) is 0 Å². The van der Waals surface area contributed by atoms with Crippen molar-refractivity contribution in [1.29, 1.82) is 0 Å². The van der Waals surface area contributed by atoms with Crippen LogP contribution in [0.15, 0.2) is 24.8 Å². The van der Waals surface area contributed by atoms with Crippen molar-refractivity contribution in [3.63, 3.8) is 0 Å². The highest BCUT2D eigenvalue weighted by molar-refractivity contribution is 6.22. The molecule has 3 rings (SSSR count). The van der Waals surface area contributed by atoms with Crippen molar-refractivity contribution >= 4 is 11.8 Å². The van der Waals surface area contributed by atoms with Gasteiger partial charge in [0, 0.05) is 6.04 Å². The summed E-state index contributed by atoms with van der Waals surface area (Å²) in [5.41, 5.74) is 3.10. The SMILES string of the molecule is C=CCc1cc(C)cc2c1C(=O)N(C1CC1)C2=O. The first-order chi connectivity index (χ1) is 8.63. The molecule has 18 heavy (non-hydrogen) atoms. The number of carbonyl (C=O) groups is 2. The van der Waals surface area contributed by atoms with Gasteiger partial charge in [0.2, 0.25) is 0 Å². The van der Waals surface area contributed by atoms with E-state index >= 15 is 0 Å². The molecular weight excluding hydrogens is 226 g/mol. The number of benzene rings is 1. The molecule has 3 nitrogen and oxygen atoms in total. The largest absolute Gasteiger partial charge is 0.271 e. The number of imide groups is 1. The zero-order valence-electron chi connectivity index (χ0n) is 10.4. The van der Waals surface area contributed by atoms with Crippen molar-refractivity contribution in [3.05, 3.63) is 47.0 Å². The van der Waals surface area contributed by atoms with Crippen LogP contribution in [-0.2, 0) is 6.42 Å². The standard InChI is InChI=1S/C15H15NO2/c1-3-4-10-7-9(2)8-12-13(10)15(18)16(14(12)17)11-5-6-11/h3,7-8,11H,1,4-6H2,2H3. The Hall–Kier alpha value is -1.90. The Morgan fingerprint density at radius 2 is 2.06 bits per heavy atom. The second kappa shape index (κ2) is 3.80. The summed E-state index contributed by atoms with van der Waals surface area (Å²) in [7, 11) is 0. The van der Waals surface area contributed by atoms with E-state index in [2.05, 4.69) is 6.58 Å². The highest BCUT2D eigenvalue weighted by Gasteiger charge is 2.45. The normalized spacial score (nSPS) is 18.2. The van der Waals surface area contributed by atoms with Gasteiger partial charge in [-0.1, -0.05) is 17.7 Å². The lowest BCUT2D eigenvalue weighted by Crippen LogP contribution is -2.31. The fourth-order valence-corrected chi connectivity index (χ4v) is 2.61. The van der Waals surface area contributed by atoms with E-state index in [0.29, 0.717) is 17.5 Å². The van der Waals surface area contributed by atoms with Crippen molar-refractivity contribution in [3.8, 4) is 0 Å². The van der Waals surface area contributed by atoms with Crippen LogP contribution in [-0.4, -0.2) is 22.8 Å². The predicted octanol–water partition coefficient (Wildman–Crippen LogP) is 2.48. The van der Waals surface area contributed by atoms with Gasteiger partial charge in [0.15, 0.2) is 0 Å². The number of fused-ring (bicyclic) bond motifs is 1. The third kappa shape index (κ3) is 1.50. The third-order valence-electron chi connectivity index (χ3n) is 3.52. The van der Waals surface area contributed by atoms with E-state index in [1.165, 1.54) is 4.90 Å². The molecule has 0 saturated heterocycles. The molecule has 0 aromatic heterocycles. The van der Waals surface area contributed by atoms with E-state index in [1.807, 2.05) is 19.1 Å². The van der Waals surface area contributed by atoms with Crippen molar-refractivity contribution < 1.29 is 9.59 Å². The first-order valence-corrected chi connectivity index (χ1v) is 6.25. The lowest BCUT2D eigenvalue weighted by molar-refractivity contribution is 0.0642. The predicted molar refractivity (Wildman–Crippen MR) is 68.6 cm³/mol. The summed E-state index contributed by atoms with van der Waals surface area (Å²) < 4.78 is 0. The number of allylic oxidation sites excluding steroid dienone is 1. The number of amides is 2. The van der Waals surface area contributed by atoms with Gasteiger partial charge in [-0.15, -0.1) is 6.58 Å². The summed E-state index contributed by atoms with van der Waals surface area (Å²) in [6, 6.07) is 3.93. The van der Waals surface area contributed by atoms with Gasteiger partial charge in [0.1, 0.15) is 0 Å². The lowest BCUT2D eigenvalue weighted by Gasteiger charge is -2.11. The number of aryl methyl sites for hydroxylation is 1. The van der Waals surface area contributed by atoms with E-state index in [1.54, 1.807) is 6.08 Å². The maximum Gasteiger partial charge on any atom is 0.262 e. The Bertz CT molecular complexity index is 570. The first-order valence-electron chi connectivity index (χ1n) is 6.25. The lowest BCUT2D eigenvalue weighted by atomic mass is 9.97. The minimum Gasteiger partial charge on any atom is -0.271 e. The maximum absolute atomic E-state index is 12.4. The fraction of sp³-hybridized carbons (Fsp3) is 0.333. The van der Waals surface area contributed by atoms with Gasteiger partial charge >= 0.3 is 0 Å². The minimum absolute atomic E-state index is 0.116. The molecule has 1 aromatic rings. The van der Waals surface area contributed by atoms with Crippen molar-refractivity contribution in [2.45, 2.75) is 32.2 Å². The smallest absolute Gasteiger partial charge is 0.262 e. The second-order valence-corrected chi connectivity index (χ2v) is 5.05. The summed E-state index contributed by atoms with van der Waals surface area (Å²) in [6.07, 6.45) is 4.29. The molecule has 1 heterocycles. The number of nitrogens with zero attached hydrogens (tertiary/aromatic N) is 1. The molecule has 2 aliphatic rings.